The Kier molecular flexibility index (Phi) is 7.08. The number of hydrogen-bond acceptors (Lipinski definition) is 0. The number of fused-ring (bicyclic) bond motifs is 1. The molecule has 0 N–H and O–H groups in total. The van der Waals surface area contributed by atoms with Gasteiger partial charge in [0.05, 0.1) is 0 Å². The summed E-state index contributed by atoms with van der Waals surface area (Å²) in [5, 5.41) is 1.32. The molecule has 0 aliphatic rings. The van der Waals surface area contributed by atoms with Crippen molar-refractivity contribution < 1.29 is 0 Å². The first kappa shape index (κ1) is 25.0. The standard InChI is InChI=1S/C34H41N/c1-9-23(3)28-12-11-24(4)29(20-28)19-25(5)26-13-15-27(16-14-26)33-22-30-21-31(34(6,7)10-2)17-18-32(30)35(33)8/h11-23H,9-10H2,1-8H3/b25-19+. The number of aromatic nitrogens is 1. The second-order valence-electron chi connectivity index (χ2n) is 10.9. The molecule has 0 amide bonds. The summed E-state index contributed by atoms with van der Waals surface area (Å²) in [7, 11) is 2.18. The quantitative estimate of drug-likeness (QED) is 0.240. The first-order valence-corrected chi connectivity index (χ1v) is 13.1. The topological polar surface area (TPSA) is 4.93 Å². The zero-order valence-corrected chi connectivity index (χ0v) is 22.9. The van der Waals surface area contributed by atoms with E-state index in [2.05, 4.69) is 133 Å². The number of aryl methyl sites for hydroxylation is 2. The molecule has 1 heterocycles. The van der Waals surface area contributed by atoms with E-state index < -0.39 is 0 Å². The van der Waals surface area contributed by atoms with Gasteiger partial charge in [0.1, 0.15) is 0 Å². The van der Waals surface area contributed by atoms with Crippen LogP contribution in [0.25, 0.3) is 33.8 Å². The van der Waals surface area contributed by atoms with Gasteiger partial charge in [0.25, 0.3) is 0 Å². The third-order valence-corrected chi connectivity index (χ3v) is 8.20. The Labute approximate surface area is 212 Å². The van der Waals surface area contributed by atoms with Crippen molar-refractivity contribution in [2.75, 3.05) is 0 Å². The van der Waals surface area contributed by atoms with Crippen LogP contribution in [0.15, 0.2) is 66.7 Å². The molecule has 0 aliphatic carbocycles. The SMILES string of the molecule is CCC(C)c1ccc(C)c(/C=C(\C)c2ccc(-c3cc4cc(C(C)(C)CC)ccc4n3C)cc2)c1. The van der Waals surface area contributed by atoms with Crippen molar-refractivity contribution in [3.8, 4) is 11.3 Å². The van der Waals surface area contributed by atoms with Gasteiger partial charge >= 0.3 is 0 Å². The first-order chi connectivity index (χ1) is 16.6. The van der Waals surface area contributed by atoms with Crippen molar-refractivity contribution in [2.45, 2.75) is 72.6 Å². The van der Waals surface area contributed by atoms with E-state index in [-0.39, 0.29) is 5.41 Å². The van der Waals surface area contributed by atoms with Crippen molar-refractivity contribution in [3.63, 3.8) is 0 Å². The molecule has 3 aromatic carbocycles. The lowest BCUT2D eigenvalue weighted by Crippen LogP contribution is -2.15. The van der Waals surface area contributed by atoms with E-state index in [4.69, 9.17) is 0 Å². The van der Waals surface area contributed by atoms with Gasteiger partial charge in [-0.3, -0.25) is 0 Å². The molecule has 0 radical (unpaired) electrons. The van der Waals surface area contributed by atoms with Crippen LogP contribution in [-0.2, 0) is 12.5 Å². The summed E-state index contributed by atoms with van der Waals surface area (Å²) in [6.45, 7) is 15.9. The summed E-state index contributed by atoms with van der Waals surface area (Å²) in [6, 6.07) is 25.2. The van der Waals surface area contributed by atoms with E-state index in [1.807, 2.05) is 0 Å². The van der Waals surface area contributed by atoms with Gasteiger partial charge in [-0.25, -0.2) is 0 Å². The fourth-order valence-electron chi connectivity index (χ4n) is 4.83. The Hall–Kier alpha value is -3.06. The molecule has 1 nitrogen and oxygen atoms in total. The fraction of sp³-hybridized carbons (Fsp3) is 0.353. The lowest BCUT2D eigenvalue weighted by atomic mass is 9.82. The number of benzene rings is 3. The summed E-state index contributed by atoms with van der Waals surface area (Å²) in [6.07, 6.45) is 4.64. The molecule has 0 spiro atoms. The molecule has 182 valence electrons. The van der Waals surface area contributed by atoms with E-state index in [1.165, 1.54) is 62.0 Å². The maximum Gasteiger partial charge on any atom is 0.0488 e. The van der Waals surface area contributed by atoms with Crippen LogP contribution in [0.2, 0.25) is 0 Å². The average molecular weight is 464 g/mol. The van der Waals surface area contributed by atoms with Gasteiger partial charge in [0, 0.05) is 23.6 Å². The summed E-state index contributed by atoms with van der Waals surface area (Å²) >= 11 is 0. The van der Waals surface area contributed by atoms with Crippen LogP contribution in [0.5, 0.6) is 0 Å². The fourth-order valence-corrected chi connectivity index (χ4v) is 4.83. The molecule has 4 aromatic rings. The molecular weight excluding hydrogens is 422 g/mol. The van der Waals surface area contributed by atoms with Gasteiger partial charge in [-0.1, -0.05) is 89.2 Å². The zero-order chi connectivity index (χ0) is 25.3. The van der Waals surface area contributed by atoms with Crippen molar-refractivity contribution in [2.24, 2.45) is 7.05 Å². The lowest BCUT2D eigenvalue weighted by molar-refractivity contribution is 0.507. The Bertz CT molecular complexity index is 1360. The van der Waals surface area contributed by atoms with Crippen LogP contribution in [0.3, 0.4) is 0 Å². The van der Waals surface area contributed by atoms with E-state index in [1.54, 1.807) is 0 Å². The molecular formula is C34H41N. The molecule has 0 aliphatic heterocycles. The van der Waals surface area contributed by atoms with Crippen LogP contribution >= 0.6 is 0 Å². The molecule has 1 heteroatoms. The molecule has 4 rings (SSSR count). The zero-order valence-electron chi connectivity index (χ0n) is 22.9. The minimum Gasteiger partial charge on any atom is -0.344 e. The highest BCUT2D eigenvalue weighted by Crippen LogP contribution is 2.33. The van der Waals surface area contributed by atoms with Gasteiger partial charge in [0.2, 0.25) is 0 Å². The molecule has 0 fully saturated rings. The highest BCUT2D eigenvalue weighted by molar-refractivity contribution is 5.88. The predicted octanol–water partition coefficient (Wildman–Crippen LogP) is 9.92. The van der Waals surface area contributed by atoms with Crippen LogP contribution in [-0.4, -0.2) is 4.57 Å². The normalized spacial score (nSPS) is 13.4. The highest BCUT2D eigenvalue weighted by Gasteiger charge is 2.19. The number of allylic oxidation sites excluding steroid dienone is 1. The molecule has 1 aromatic heterocycles. The van der Waals surface area contributed by atoms with Crippen molar-refractivity contribution in [3.05, 3.63) is 94.5 Å². The second kappa shape index (κ2) is 9.90. The third-order valence-electron chi connectivity index (χ3n) is 8.20. The predicted molar refractivity (Wildman–Crippen MR) is 155 cm³/mol. The molecule has 35 heavy (non-hydrogen) atoms. The second-order valence-corrected chi connectivity index (χ2v) is 10.9. The Morgan fingerprint density at radius 2 is 1.66 bits per heavy atom. The van der Waals surface area contributed by atoms with E-state index >= 15 is 0 Å². The van der Waals surface area contributed by atoms with Crippen LogP contribution in [0, 0.1) is 6.92 Å². The van der Waals surface area contributed by atoms with Crippen LogP contribution in [0.4, 0.5) is 0 Å². The third kappa shape index (κ3) is 5.01. The number of rotatable bonds is 7. The maximum absolute atomic E-state index is 2.37. The van der Waals surface area contributed by atoms with Gasteiger partial charge in [-0.2, -0.15) is 0 Å². The smallest absolute Gasteiger partial charge is 0.0488 e. The number of hydrogen-bond donors (Lipinski definition) is 0. The van der Waals surface area contributed by atoms with Gasteiger partial charge in [0.15, 0.2) is 0 Å². The Balaban J connectivity index is 1.65. The highest BCUT2D eigenvalue weighted by atomic mass is 14.9. The largest absolute Gasteiger partial charge is 0.344 e. The van der Waals surface area contributed by atoms with Gasteiger partial charge < -0.3 is 4.57 Å². The minimum absolute atomic E-state index is 0.197. The van der Waals surface area contributed by atoms with Crippen LogP contribution in [0.1, 0.15) is 88.1 Å². The molecule has 0 bridgehead atoms. The Morgan fingerprint density at radius 3 is 2.31 bits per heavy atom. The van der Waals surface area contributed by atoms with E-state index in [0.29, 0.717) is 5.92 Å². The number of nitrogens with zero attached hydrogens (tertiary/aromatic N) is 1. The summed E-state index contributed by atoms with van der Waals surface area (Å²) in [5.74, 6) is 0.590. The van der Waals surface area contributed by atoms with Crippen molar-refractivity contribution >= 4 is 22.6 Å². The minimum atomic E-state index is 0.197. The molecule has 1 unspecified atom stereocenters. The summed E-state index contributed by atoms with van der Waals surface area (Å²) < 4.78 is 2.32. The van der Waals surface area contributed by atoms with Gasteiger partial charge in [-0.05, 0) is 95.2 Å². The maximum atomic E-state index is 2.37. The van der Waals surface area contributed by atoms with Crippen molar-refractivity contribution in [1.29, 1.82) is 0 Å². The molecule has 0 saturated carbocycles. The lowest BCUT2D eigenvalue weighted by Gasteiger charge is -2.23. The molecule has 1 atom stereocenters. The monoisotopic (exact) mass is 463 g/mol. The van der Waals surface area contributed by atoms with Crippen LogP contribution < -0.4 is 0 Å². The summed E-state index contributed by atoms with van der Waals surface area (Å²) in [5.41, 5.74) is 12.1. The van der Waals surface area contributed by atoms with Crippen molar-refractivity contribution in [1.82, 2.24) is 4.57 Å². The van der Waals surface area contributed by atoms with Gasteiger partial charge in [-0.15, -0.1) is 0 Å². The Morgan fingerprint density at radius 1 is 0.943 bits per heavy atom. The first-order valence-electron chi connectivity index (χ1n) is 13.1. The molecule has 0 saturated heterocycles. The average Bonchev–Trinajstić information content (AvgIpc) is 3.20. The summed E-state index contributed by atoms with van der Waals surface area (Å²) in [4.78, 5) is 0. The van der Waals surface area contributed by atoms with E-state index in [0.717, 1.165) is 6.42 Å². The van der Waals surface area contributed by atoms with E-state index in [9.17, 15) is 0 Å².